The zero-order valence-corrected chi connectivity index (χ0v) is 12.6. The van der Waals surface area contributed by atoms with E-state index in [1.54, 1.807) is 0 Å². The van der Waals surface area contributed by atoms with E-state index in [1.807, 2.05) is 0 Å². The van der Waals surface area contributed by atoms with Crippen LogP contribution in [0, 0.1) is 34.5 Å². The number of hydrogen-bond acceptors (Lipinski definition) is 1. The molecular formula is C19H28O. The molecule has 0 unspecified atom stereocenters. The third kappa shape index (κ3) is 1.64. The first kappa shape index (κ1) is 9.43. The highest BCUT2D eigenvalue weighted by atomic mass is 16.1. The first-order valence-electron chi connectivity index (χ1n) is 10.2. The first-order chi connectivity index (χ1) is 11.0. The number of ketones is 1. The van der Waals surface area contributed by atoms with Crippen LogP contribution >= 0.6 is 0 Å². The zero-order valence-electron chi connectivity index (χ0n) is 16.6. The van der Waals surface area contributed by atoms with Crippen LogP contribution in [0.25, 0.3) is 0 Å². The summed E-state index contributed by atoms with van der Waals surface area (Å²) in [6.45, 7) is 4.44. The fourth-order valence-electron chi connectivity index (χ4n) is 5.91. The summed E-state index contributed by atoms with van der Waals surface area (Å²) in [5.74, 6) is 0.344. The summed E-state index contributed by atoms with van der Waals surface area (Å²) >= 11 is 0. The molecule has 3 fully saturated rings. The molecule has 0 bridgehead atoms. The SMILES string of the molecule is [2H]C1([2H])C[C@]2(C)[C@H]3CC[C@]4(C)C=CC[C@H]4[C@@H]3CC[C@H]2C([2H])([2H])C1=O. The van der Waals surface area contributed by atoms with Crippen molar-refractivity contribution in [3.05, 3.63) is 12.2 Å². The number of rotatable bonds is 0. The predicted octanol–water partition coefficient (Wildman–Crippen LogP) is 4.76. The normalized spacial score (nSPS) is 62.2. The molecule has 0 spiro atoms. The Kier molecular flexibility index (Phi) is 1.99. The predicted molar refractivity (Wildman–Crippen MR) is 81.3 cm³/mol. The lowest BCUT2D eigenvalue weighted by Crippen LogP contribution is -2.52. The van der Waals surface area contributed by atoms with Gasteiger partial charge in [0.1, 0.15) is 5.78 Å². The van der Waals surface area contributed by atoms with Crippen molar-refractivity contribution in [1.29, 1.82) is 0 Å². The molecule has 4 rings (SSSR count). The van der Waals surface area contributed by atoms with Crippen molar-refractivity contribution in [3.63, 3.8) is 0 Å². The lowest BCUT2D eigenvalue weighted by molar-refractivity contribution is -0.136. The van der Waals surface area contributed by atoms with E-state index in [2.05, 4.69) is 26.0 Å². The van der Waals surface area contributed by atoms with E-state index < -0.39 is 23.9 Å². The highest BCUT2D eigenvalue weighted by Crippen LogP contribution is 2.64. The zero-order chi connectivity index (χ0) is 17.5. The van der Waals surface area contributed by atoms with E-state index in [0.29, 0.717) is 17.8 Å². The Hall–Kier alpha value is -0.590. The summed E-state index contributed by atoms with van der Waals surface area (Å²) in [6.07, 6.45) is 5.78. The molecule has 4 aliphatic carbocycles. The Morgan fingerprint density at radius 3 is 2.90 bits per heavy atom. The molecule has 0 aromatic carbocycles. The number of carbonyl (C=O) groups excluding carboxylic acids is 1. The first-order valence-corrected chi connectivity index (χ1v) is 8.25. The van der Waals surface area contributed by atoms with Crippen molar-refractivity contribution in [2.75, 3.05) is 0 Å². The summed E-state index contributed by atoms with van der Waals surface area (Å²) in [5, 5.41) is 0. The Morgan fingerprint density at radius 2 is 2.05 bits per heavy atom. The van der Waals surface area contributed by atoms with E-state index in [4.69, 9.17) is 5.48 Å². The van der Waals surface area contributed by atoms with Crippen molar-refractivity contribution in [2.45, 2.75) is 65.1 Å². The largest absolute Gasteiger partial charge is 0.300 e. The van der Waals surface area contributed by atoms with E-state index in [0.717, 1.165) is 32.1 Å². The van der Waals surface area contributed by atoms with Crippen LogP contribution in [0.1, 0.15) is 70.6 Å². The Labute approximate surface area is 128 Å². The third-order valence-electron chi connectivity index (χ3n) is 7.13. The van der Waals surface area contributed by atoms with Crippen LogP contribution in [0.3, 0.4) is 0 Å². The minimum absolute atomic E-state index is 0.195. The van der Waals surface area contributed by atoms with Crippen LogP contribution in [0.15, 0.2) is 12.2 Å². The van der Waals surface area contributed by atoms with Crippen molar-refractivity contribution < 1.29 is 10.3 Å². The molecule has 1 heteroatoms. The van der Waals surface area contributed by atoms with Crippen molar-refractivity contribution >= 4 is 5.78 Å². The van der Waals surface area contributed by atoms with Crippen LogP contribution in [0.2, 0.25) is 0 Å². The molecule has 0 aliphatic heterocycles. The topological polar surface area (TPSA) is 17.1 Å². The molecule has 6 atom stereocenters. The monoisotopic (exact) mass is 276 g/mol. The van der Waals surface area contributed by atoms with Gasteiger partial charge in [-0.1, -0.05) is 26.0 Å². The third-order valence-corrected chi connectivity index (χ3v) is 7.13. The van der Waals surface area contributed by atoms with Gasteiger partial charge in [-0.15, -0.1) is 0 Å². The van der Waals surface area contributed by atoms with Gasteiger partial charge in [-0.3, -0.25) is 4.79 Å². The van der Waals surface area contributed by atoms with E-state index in [-0.39, 0.29) is 17.8 Å². The van der Waals surface area contributed by atoms with Gasteiger partial charge in [0, 0.05) is 18.2 Å². The second-order valence-electron chi connectivity index (χ2n) is 8.02. The van der Waals surface area contributed by atoms with Crippen LogP contribution < -0.4 is 0 Å². The van der Waals surface area contributed by atoms with Gasteiger partial charge in [0.05, 0.1) is 0 Å². The minimum atomic E-state index is -2.04. The molecule has 0 amide bonds. The van der Waals surface area contributed by atoms with Gasteiger partial charge in [0.25, 0.3) is 0 Å². The summed E-state index contributed by atoms with van der Waals surface area (Å²) in [7, 11) is 0. The smallest absolute Gasteiger partial charge is 0.133 e. The number of allylic oxidation sites excluding steroid dienone is 2. The van der Waals surface area contributed by atoms with Crippen LogP contribution in [0.4, 0.5) is 0 Å². The number of hydrogen-bond donors (Lipinski definition) is 0. The number of carbonyl (C=O) groups is 1. The van der Waals surface area contributed by atoms with Gasteiger partial charge in [-0.25, -0.2) is 0 Å². The van der Waals surface area contributed by atoms with Crippen molar-refractivity contribution in [3.8, 4) is 0 Å². The molecule has 0 radical (unpaired) electrons. The molecule has 110 valence electrons. The molecular weight excluding hydrogens is 244 g/mol. The maximum Gasteiger partial charge on any atom is 0.133 e. The average Bonchev–Trinajstić information content (AvgIpc) is 2.86. The average molecular weight is 276 g/mol. The van der Waals surface area contributed by atoms with Gasteiger partial charge in [0.15, 0.2) is 0 Å². The van der Waals surface area contributed by atoms with Crippen molar-refractivity contribution in [2.24, 2.45) is 34.5 Å². The second-order valence-corrected chi connectivity index (χ2v) is 8.02. The number of fused-ring (bicyclic) bond motifs is 5. The Bertz CT molecular complexity index is 612. The summed E-state index contributed by atoms with van der Waals surface area (Å²) in [4.78, 5) is 12.4. The quantitative estimate of drug-likeness (QED) is 0.583. The summed E-state index contributed by atoms with van der Waals surface area (Å²) in [5.41, 5.74) is -0.138. The lowest BCUT2D eigenvalue weighted by Gasteiger charge is -2.59. The highest BCUT2D eigenvalue weighted by molar-refractivity contribution is 5.79. The van der Waals surface area contributed by atoms with Gasteiger partial charge in [-0.2, -0.15) is 0 Å². The van der Waals surface area contributed by atoms with E-state index in [9.17, 15) is 4.79 Å². The summed E-state index contributed by atoms with van der Waals surface area (Å²) in [6, 6.07) is 0. The van der Waals surface area contributed by atoms with Crippen LogP contribution in [0.5, 0.6) is 0 Å². The van der Waals surface area contributed by atoms with Crippen molar-refractivity contribution in [1.82, 2.24) is 0 Å². The van der Waals surface area contributed by atoms with Gasteiger partial charge < -0.3 is 0 Å². The molecule has 0 N–H and O–H groups in total. The maximum atomic E-state index is 12.4. The molecule has 4 aliphatic rings. The number of Topliss-reactive ketones (excluding diaryl/α,β-unsaturated/α-hetero) is 1. The lowest BCUT2D eigenvalue weighted by atomic mass is 9.45. The molecule has 1 nitrogen and oxygen atoms in total. The van der Waals surface area contributed by atoms with E-state index in [1.165, 1.54) is 0 Å². The standard InChI is InChI=1S/C19H28O/c1-18-9-3-4-16(18)15-6-5-13-12-14(20)7-11-19(13,2)17(15)8-10-18/h3,9,13,15-17H,4-8,10-12H2,1-2H3/t13-,15-,16-,17-,18-,19-/m0/s1/i7D2,12D2. The highest BCUT2D eigenvalue weighted by Gasteiger charge is 2.56. The maximum absolute atomic E-state index is 12.4. The summed E-state index contributed by atoms with van der Waals surface area (Å²) < 4.78 is 33.2. The van der Waals surface area contributed by atoms with Gasteiger partial charge >= 0.3 is 0 Å². The Balaban J connectivity index is 1.74. The van der Waals surface area contributed by atoms with E-state index >= 15 is 0 Å². The van der Waals surface area contributed by atoms with Crippen LogP contribution in [-0.4, -0.2) is 5.78 Å². The minimum Gasteiger partial charge on any atom is -0.300 e. The molecule has 0 heterocycles. The second kappa shape index (κ2) is 4.21. The molecule has 20 heavy (non-hydrogen) atoms. The van der Waals surface area contributed by atoms with Gasteiger partial charge in [0.2, 0.25) is 0 Å². The molecule has 0 aromatic rings. The van der Waals surface area contributed by atoms with Gasteiger partial charge in [-0.05, 0) is 73.0 Å². The fraction of sp³-hybridized carbons (Fsp3) is 0.842. The molecule has 3 saturated carbocycles. The molecule has 0 aromatic heterocycles. The van der Waals surface area contributed by atoms with Crippen LogP contribution in [-0.2, 0) is 4.79 Å². The molecule has 0 saturated heterocycles. The Morgan fingerprint density at radius 1 is 1.20 bits per heavy atom. The fourth-order valence-corrected chi connectivity index (χ4v) is 5.91.